The quantitative estimate of drug-likeness (QED) is 0.659. The number of likely N-dealkylation sites (tertiary alicyclic amines) is 1. The fourth-order valence-electron chi connectivity index (χ4n) is 1.36. The average molecular weight is 219 g/mol. The van der Waals surface area contributed by atoms with Gasteiger partial charge in [-0.05, 0) is 6.42 Å². The summed E-state index contributed by atoms with van der Waals surface area (Å²) in [6.07, 6.45) is 0.400. The predicted molar refractivity (Wildman–Crippen MR) is 56.4 cm³/mol. The summed E-state index contributed by atoms with van der Waals surface area (Å²) in [7, 11) is 1.65. The zero-order valence-corrected chi connectivity index (χ0v) is 9.26. The Kier molecular flexibility index (Phi) is 5.29. The molecule has 1 rings (SSSR count). The van der Waals surface area contributed by atoms with Gasteiger partial charge < -0.3 is 14.7 Å². The molecule has 1 aliphatic rings. The molecule has 14 heavy (non-hydrogen) atoms. The minimum absolute atomic E-state index is 0.127. The first kappa shape index (κ1) is 11.8. The number of aliphatic hydroxyl groups excluding tert-OH is 1. The SMILES string of the molecule is COCCSCC(=O)N1CCC(O)C1. The van der Waals surface area contributed by atoms with Crippen LogP contribution in [-0.2, 0) is 9.53 Å². The third-order valence-corrected chi connectivity index (χ3v) is 3.08. The van der Waals surface area contributed by atoms with Crippen molar-refractivity contribution < 1.29 is 14.6 Å². The minimum atomic E-state index is -0.317. The number of methoxy groups -OCH3 is 1. The Balaban J connectivity index is 2.09. The number of hydrogen-bond acceptors (Lipinski definition) is 4. The first-order valence-electron chi connectivity index (χ1n) is 4.76. The monoisotopic (exact) mass is 219 g/mol. The Morgan fingerprint density at radius 1 is 1.71 bits per heavy atom. The lowest BCUT2D eigenvalue weighted by Gasteiger charge is -2.14. The summed E-state index contributed by atoms with van der Waals surface area (Å²) >= 11 is 1.58. The number of hydrogen-bond donors (Lipinski definition) is 1. The highest BCUT2D eigenvalue weighted by atomic mass is 32.2. The van der Waals surface area contributed by atoms with Gasteiger partial charge in [0.15, 0.2) is 0 Å². The Morgan fingerprint density at radius 2 is 2.50 bits per heavy atom. The molecule has 1 fully saturated rings. The number of amides is 1. The summed E-state index contributed by atoms with van der Waals surface area (Å²) in [5.41, 5.74) is 0. The number of thioether (sulfide) groups is 1. The molecule has 0 aliphatic carbocycles. The average Bonchev–Trinajstić information content (AvgIpc) is 2.59. The Bertz CT molecular complexity index is 189. The van der Waals surface area contributed by atoms with Crippen LogP contribution in [0.15, 0.2) is 0 Å². The zero-order chi connectivity index (χ0) is 10.4. The van der Waals surface area contributed by atoms with E-state index in [1.165, 1.54) is 0 Å². The van der Waals surface area contributed by atoms with Crippen molar-refractivity contribution in [2.75, 3.05) is 38.3 Å². The molecule has 1 atom stereocenters. The van der Waals surface area contributed by atoms with Crippen molar-refractivity contribution in [1.29, 1.82) is 0 Å². The van der Waals surface area contributed by atoms with Crippen LogP contribution in [0.5, 0.6) is 0 Å². The summed E-state index contributed by atoms with van der Waals surface area (Å²) in [5, 5.41) is 9.24. The van der Waals surface area contributed by atoms with E-state index in [-0.39, 0.29) is 12.0 Å². The van der Waals surface area contributed by atoms with Crippen molar-refractivity contribution >= 4 is 17.7 Å². The van der Waals surface area contributed by atoms with E-state index in [0.29, 0.717) is 31.9 Å². The Labute approximate surface area is 88.6 Å². The lowest BCUT2D eigenvalue weighted by atomic mass is 10.3. The van der Waals surface area contributed by atoms with Gasteiger partial charge in [-0.25, -0.2) is 0 Å². The molecule has 1 aliphatic heterocycles. The molecule has 1 heterocycles. The van der Waals surface area contributed by atoms with E-state index >= 15 is 0 Å². The molecule has 82 valence electrons. The number of aliphatic hydroxyl groups is 1. The highest BCUT2D eigenvalue weighted by molar-refractivity contribution is 7.99. The van der Waals surface area contributed by atoms with E-state index in [0.717, 1.165) is 5.75 Å². The van der Waals surface area contributed by atoms with Crippen LogP contribution in [-0.4, -0.2) is 60.3 Å². The van der Waals surface area contributed by atoms with Gasteiger partial charge in [0, 0.05) is 26.0 Å². The molecule has 0 aromatic rings. The molecule has 1 saturated heterocycles. The first-order chi connectivity index (χ1) is 6.74. The number of carbonyl (C=O) groups excluding carboxylic acids is 1. The fourth-order valence-corrected chi connectivity index (χ4v) is 2.15. The highest BCUT2D eigenvalue weighted by Crippen LogP contribution is 2.11. The van der Waals surface area contributed by atoms with Crippen molar-refractivity contribution in [2.24, 2.45) is 0 Å². The lowest BCUT2D eigenvalue weighted by Crippen LogP contribution is -2.31. The Hall–Kier alpha value is -0.260. The molecular formula is C9H17NO3S. The number of rotatable bonds is 5. The predicted octanol–water partition coefficient (Wildman–Crippen LogP) is -0.0408. The van der Waals surface area contributed by atoms with Gasteiger partial charge in [0.25, 0.3) is 0 Å². The van der Waals surface area contributed by atoms with Crippen LogP contribution in [0.2, 0.25) is 0 Å². The van der Waals surface area contributed by atoms with Gasteiger partial charge >= 0.3 is 0 Å². The molecule has 1 amide bonds. The van der Waals surface area contributed by atoms with Gasteiger partial charge in [0.1, 0.15) is 0 Å². The van der Waals surface area contributed by atoms with Crippen LogP contribution < -0.4 is 0 Å². The van der Waals surface area contributed by atoms with E-state index in [1.54, 1.807) is 23.8 Å². The van der Waals surface area contributed by atoms with Gasteiger partial charge in [0.2, 0.25) is 5.91 Å². The van der Waals surface area contributed by atoms with Crippen LogP contribution >= 0.6 is 11.8 Å². The second-order valence-electron chi connectivity index (χ2n) is 3.33. The van der Waals surface area contributed by atoms with Crippen molar-refractivity contribution in [1.82, 2.24) is 4.90 Å². The third kappa shape index (κ3) is 3.86. The van der Waals surface area contributed by atoms with E-state index in [2.05, 4.69) is 0 Å². The minimum Gasteiger partial charge on any atom is -0.391 e. The third-order valence-electron chi connectivity index (χ3n) is 2.17. The maximum Gasteiger partial charge on any atom is 0.232 e. The maximum absolute atomic E-state index is 11.5. The topological polar surface area (TPSA) is 49.8 Å². The smallest absolute Gasteiger partial charge is 0.232 e. The van der Waals surface area contributed by atoms with Crippen LogP contribution in [0.1, 0.15) is 6.42 Å². The number of nitrogens with zero attached hydrogens (tertiary/aromatic N) is 1. The van der Waals surface area contributed by atoms with Crippen LogP contribution in [0.3, 0.4) is 0 Å². The van der Waals surface area contributed by atoms with E-state index in [1.807, 2.05) is 0 Å². The van der Waals surface area contributed by atoms with Crippen LogP contribution in [0, 0.1) is 0 Å². The van der Waals surface area contributed by atoms with Gasteiger partial charge in [-0.15, -0.1) is 11.8 Å². The van der Waals surface area contributed by atoms with Crippen molar-refractivity contribution in [3.8, 4) is 0 Å². The summed E-state index contributed by atoms with van der Waals surface area (Å²) < 4.78 is 4.88. The largest absolute Gasteiger partial charge is 0.391 e. The van der Waals surface area contributed by atoms with E-state index < -0.39 is 0 Å². The number of β-amino-alcohol motifs (C(OH)–C–C–N with tert-alkyl or cyclic N) is 1. The molecule has 0 bridgehead atoms. The highest BCUT2D eigenvalue weighted by Gasteiger charge is 2.23. The van der Waals surface area contributed by atoms with Crippen LogP contribution in [0.4, 0.5) is 0 Å². The standard InChI is InChI=1S/C9H17NO3S/c1-13-4-5-14-7-9(12)10-3-2-8(11)6-10/h8,11H,2-7H2,1H3. The molecule has 1 N–H and O–H groups in total. The Morgan fingerprint density at radius 3 is 3.07 bits per heavy atom. The number of carbonyl (C=O) groups is 1. The molecule has 0 aromatic heterocycles. The summed E-state index contributed by atoms with van der Waals surface area (Å²) in [6, 6.07) is 0. The molecular weight excluding hydrogens is 202 g/mol. The maximum atomic E-state index is 11.5. The molecule has 0 radical (unpaired) electrons. The number of ether oxygens (including phenoxy) is 1. The van der Waals surface area contributed by atoms with Crippen molar-refractivity contribution in [2.45, 2.75) is 12.5 Å². The van der Waals surface area contributed by atoms with E-state index in [4.69, 9.17) is 4.74 Å². The summed E-state index contributed by atoms with van der Waals surface area (Å²) in [5.74, 6) is 1.47. The normalized spacial score (nSPS) is 21.6. The second kappa shape index (κ2) is 6.27. The molecule has 0 aromatic carbocycles. The second-order valence-corrected chi connectivity index (χ2v) is 4.43. The molecule has 1 unspecified atom stereocenters. The van der Waals surface area contributed by atoms with Crippen LogP contribution in [0.25, 0.3) is 0 Å². The van der Waals surface area contributed by atoms with Gasteiger partial charge in [-0.2, -0.15) is 0 Å². The van der Waals surface area contributed by atoms with E-state index in [9.17, 15) is 9.90 Å². The lowest BCUT2D eigenvalue weighted by molar-refractivity contribution is -0.127. The zero-order valence-electron chi connectivity index (χ0n) is 8.44. The summed E-state index contributed by atoms with van der Waals surface area (Å²) in [6.45, 7) is 1.88. The van der Waals surface area contributed by atoms with Gasteiger partial charge in [0.05, 0.1) is 18.5 Å². The van der Waals surface area contributed by atoms with Crippen molar-refractivity contribution in [3.63, 3.8) is 0 Å². The fraction of sp³-hybridized carbons (Fsp3) is 0.889. The molecule has 0 spiro atoms. The molecule has 4 nitrogen and oxygen atoms in total. The van der Waals surface area contributed by atoms with Gasteiger partial charge in [-0.3, -0.25) is 4.79 Å². The molecule has 0 saturated carbocycles. The van der Waals surface area contributed by atoms with Crippen molar-refractivity contribution in [3.05, 3.63) is 0 Å². The molecule has 5 heteroatoms. The first-order valence-corrected chi connectivity index (χ1v) is 5.92. The van der Waals surface area contributed by atoms with Gasteiger partial charge in [-0.1, -0.05) is 0 Å². The summed E-state index contributed by atoms with van der Waals surface area (Å²) in [4.78, 5) is 13.2.